The molecule has 0 aromatic carbocycles. The van der Waals surface area contributed by atoms with E-state index in [1.165, 1.54) is 35.0 Å². The summed E-state index contributed by atoms with van der Waals surface area (Å²) in [4.78, 5) is 8.57. The van der Waals surface area contributed by atoms with Crippen LogP contribution in [0.15, 0.2) is 0 Å². The first-order valence-electron chi connectivity index (χ1n) is 6.63. The van der Waals surface area contributed by atoms with E-state index in [2.05, 4.69) is 25.7 Å². The number of thiazole rings is 1. The Kier molecular flexibility index (Phi) is 4.05. The molecule has 0 aliphatic carbocycles. The number of rotatable bonds is 4. The van der Waals surface area contributed by atoms with Crippen molar-refractivity contribution < 1.29 is 0 Å². The molecule has 0 spiro atoms. The highest BCUT2D eigenvalue weighted by Crippen LogP contribution is 2.34. The van der Waals surface area contributed by atoms with Crippen LogP contribution >= 0.6 is 11.3 Å². The third-order valence-electron chi connectivity index (χ3n) is 3.54. The molecular formula is C13H23N3S. The summed E-state index contributed by atoms with van der Waals surface area (Å²) in [6.45, 7) is 8.44. The van der Waals surface area contributed by atoms with E-state index in [1.807, 2.05) is 0 Å². The number of anilines is 1. The fraction of sp³-hybridized carbons (Fsp3) is 0.769. The Labute approximate surface area is 108 Å². The Bertz CT molecular complexity index is 373. The van der Waals surface area contributed by atoms with Gasteiger partial charge in [-0.2, -0.15) is 0 Å². The molecule has 1 unspecified atom stereocenters. The average Bonchev–Trinajstić information content (AvgIpc) is 2.94. The highest BCUT2D eigenvalue weighted by Gasteiger charge is 2.26. The molecule has 1 atom stereocenters. The maximum Gasteiger partial charge on any atom is 0.186 e. The summed E-state index contributed by atoms with van der Waals surface area (Å²) in [7, 11) is 0. The molecule has 2 rings (SSSR count). The molecule has 2 N–H and O–H groups in total. The topological polar surface area (TPSA) is 42.2 Å². The molecule has 96 valence electrons. The molecule has 1 aromatic heterocycles. The van der Waals surface area contributed by atoms with Crippen molar-refractivity contribution in [2.24, 2.45) is 5.73 Å². The zero-order valence-corrected chi connectivity index (χ0v) is 11.9. The summed E-state index contributed by atoms with van der Waals surface area (Å²) < 4.78 is 0. The van der Waals surface area contributed by atoms with Gasteiger partial charge in [-0.3, -0.25) is 0 Å². The van der Waals surface area contributed by atoms with Crippen molar-refractivity contribution in [3.63, 3.8) is 0 Å². The average molecular weight is 253 g/mol. The second-order valence-corrected chi connectivity index (χ2v) is 6.12. The molecule has 1 saturated heterocycles. The Balaban J connectivity index is 2.26. The van der Waals surface area contributed by atoms with Gasteiger partial charge in [0.05, 0.1) is 5.69 Å². The second kappa shape index (κ2) is 5.36. The first-order chi connectivity index (χ1) is 8.17. The van der Waals surface area contributed by atoms with Crippen LogP contribution in [0.25, 0.3) is 0 Å². The fourth-order valence-electron chi connectivity index (χ4n) is 2.58. The summed E-state index contributed by atoms with van der Waals surface area (Å²) >= 11 is 1.79. The maximum absolute atomic E-state index is 5.82. The smallest absolute Gasteiger partial charge is 0.186 e. The molecule has 0 saturated carbocycles. The molecule has 17 heavy (non-hydrogen) atoms. The van der Waals surface area contributed by atoms with Crippen molar-refractivity contribution in [3.8, 4) is 0 Å². The van der Waals surface area contributed by atoms with Gasteiger partial charge in [-0.15, -0.1) is 11.3 Å². The van der Waals surface area contributed by atoms with Gasteiger partial charge in [0, 0.05) is 24.0 Å². The van der Waals surface area contributed by atoms with Crippen LogP contribution in [-0.4, -0.2) is 17.6 Å². The van der Waals surface area contributed by atoms with Gasteiger partial charge < -0.3 is 10.6 Å². The van der Waals surface area contributed by atoms with Crippen molar-refractivity contribution in [2.45, 2.75) is 58.5 Å². The monoisotopic (exact) mass is 253 g/mol. The predicted octanol–water partition coefficient (Wildman–Crippen LogP) is 3.10. The minimum Gasteiger partial charge on any atom is -0.345 e. The van der Waals surface area contributed by atoms with E-state index < -0.39 is 0 Å². The Morgan fingerprint density at radius 2 is 2.29 bits per heavy atom. The SMILES string of the molecule is CCC1CCCN1c1nc(C(C)C)c(CN)s1. The van der Waals surface area contributed by atoms with Crippen LogP contribution in [-0.2, 0) is 6.54 Å². The third-order valence-corrected chi connectivity index (χ3v) is 4.67. The molecule has 4 heteroatoms. The lowest BCUT2D eigenvalue weighted by Gasteiger charge is -2.22. The number of nitrogens with two attached hydrogens (primary N) is 1. The van der Waals surface area contributed by atoms with Crippen LogP contribution in [0, 0.1) is 0 Å². The molecule has 0 amide bonds. The highest BCUT2D eigenvalue weighted by molar-refractivity contribution is 7.15. The predicted molar refractivity (Wildman–Crippen MR) is 74.8 cm³/mol. The van der Waals surface area contributed by atoms with Gasteiger partial charge in [-0.1, -0.05) is 20.8 Å². The molecule has 2 heterocycles. The van der Waals surface area contributed by atoms with Crippen LogP contribution in [0.2, 0.25) is 0 Å². The first kappa shape index (κ1) is 12.8. The van der Waals surface area contributed by atoms with Gasteiger partial charge in [0.25, 0.3) is 0 Å². The van der Waals surface area contributed by atoms with Crippen molar-refractivity contribution in [2.75, 3.05) is 11.4 Å². The van der Waals surface area contributed by atoms with Crippen LogP contribution in [0.5, 0.6) is 0 Å². The molecule has 1 fully saturated rings. The van der Waals surface area contributed by atoms with Crippen LogP contribution in [0.3, 0.4) is 0 Å². The number of nitrogens with zero attached hydrogens (tertiary/aromatic N) is 2. The van der Waals surface area contributed by atoms with Crippen molar-refractivity contribution >= 4 is 16.5 Å². The van der Waals surface area contributed by atoms with E-state index in [4.69, 9.17) is 10.7 Å². The van der Waals surface area contributed by atoms with E-state index >= 15 is 0 Å². The second-order valence-electron chi connectivity index (χ2n) is 5.06. The fourth-order valence-corrected chi connectivity index (χ4v) is 3.77. The van der Waals surface area contributed by atoms with Crippen LogP contribution in [0.4, 0.5) is 5.13 Å². The summed E-state index contributed by atoms with van der Waals surface area (Å²) in [6.07, 6.45) is 3.83. The minimum atomic E-state index is 0.473. The maximum atomic E-state index is 5.82. The van der Waals surface area contributed by atoms with Crippen molar-refractivity contribution in [1.82, 2.24) is 4.98 Å². The van der Waals surface area contributed by atoms with Crippen LogP contribution < -0.4 is 10.6 Å². The third kappa shape index (κ3) is 2.47. The molecule has 1 aliphatic heterocycles. The van der Waals surface area contributed by atoms with Crippen molar-refractivity contribution in [1.29, 1.82) is 0 Å². The summed E-state index contributed by atoms with van der Waals surface area (Å²) in [5.41, 5.74) is 7.02. The first-order valence-corrected chi connectivity index (χ1v) is 7.45. The number of aromatic nitrogens is 1. The zero-order valence-electron chi connectivity index (χ0n) is 11.1. The van der Waals surface area contributed by atoms with Gasteiger partial charge in [0.15, 0.2) is 5.13 Å². The molecule has 1 aliphatic rings. The Morgan fingerprint density at radius 1 is 1.53 bits per heavy atom. The van der Waals surface area contributed by atoms with Crippen molar-refractivity contribution in [3.05, 3.63) is 10.6 Å². The van der Waals surface area contributed by atoms with Gasteiger partial charge in [0.2, 0.25) is 0 Å². The summed E-state index contributed by atoms with van der Waals surface area (Å²) in [5.74, 6) is 0.473. The van der Waals surface area contributed by atoms with Gasteiger partial charge >= 0.3 is 0 Å². The van der Waals surface area contributed by atoms with Gasteiger partial charge in [0.1, 0.15) is 0 Å². The lowest BCUT2D eigenvalue weighted by Crippen LogP contribution is -2.28. The largest absolute Gasteiger partial charge is 0.345 e. The normalized spacial score (nSPS) is 20.5. The Hall–Kier alpha value is -0.610. The lowest BCUT2D eigenvalue weighted by molar-refractivity contribution is 0.643. The summed E-state index contributed by atoms with van der Waals surface area (Å²) in [6, 6.07) is 0.687. The molecule has 3 nitrogen and oxygen atoms in total. The number of hydrogen-bond donors (Lipinski definition) is 1. The van der Waals surface area contributed by atoms with E-state index in [0.717, 1.165) is 6.54 Å². The lowest BCUT2D eigenvalue weighted by atomic mass is 10.1. The van der Waals surface area contributed by atoms with Crippen LogP contribution in [0.1, 0.15) is 56.5 Å². The number of hydrogen-bond acceptors (Lipinski definition) is 4. The van der Waals surface area contributed by atoms with E-state index in [9.17, 15) is 0 Å². The Morgan fingerprint density at radius 3 is 2.82 bits per heavy atom. The van der Waals surface area contributed by atoms with E-state index in [-0.39, 0.29) is 0 Å². The van der Waals surface area contributed by atoms with Gasteiger partial charge in [-0.05, 0) is 25.2 Å². The summed E-state index contributed by atoms with van der Waals surface area (Å²) in [5, 5.41) is 1.19. The highest BCUT2D eigenvalue weighted by atomic mass is 32.1. The van der Waals surface area contributed by atoms with Gasteiger partial charge in [-0.25, -0.2) is 4.98 Å². The molecule has 0 bridgehead atoms. The van der Waals surface area contributed by atoms with E-state index in [1.54, 1.807) is 11.3 Å². The molecular weight excluding hydrogens is 230 g/mol. The quantitative estimate of drug-likeness (QED) is 0.896. The zero-order chi connectivity index (χ0) is 12.4. The standard InChI is InChI=1S/C13H23N3S/c1-4-10-6-5-7-16(10)13-15-12(9(2)3)11(8-14)17-13/h9-10H,4-8,14H2,1-3H3. The molecule has 1 aromatic rings. The van der Waals surface area contributed by atoms with E-state index in [0.29, 0.717) is 18.5 Å². The molecule has 0 radical (unpaired) electrons. The minimum absolute atomic E-state index is 0.473.